The van der Waals surface area contributed by atoms with Gasteiger partial charge in [-0.1, -0.05) is 26.0 Å². The number of nitrogens with one attached hydrogen (secondary N) is 2. The first-order chi connectivity index (χ1) is 14.2. The Hall–Kier alpha value is -2.93. The molecule has 6 nitrogen and oxygen atoms in total. The molecule has 2 rings (SSSR count). The van der Waals surface area contributed by atoms with Crippen molar-refractivity contribution < 1.29 is 18.7 Å². The van der Waals surface area contributed by atoms with Gasteiger partial charge in [-0.05, 0) is 62.0 Å². The first-order valence-corrected chi connectivity index (χ1v) is 9.87. The fraction of sp³-hybridized carbons (Fsp3) is 0.391. The van der Waals surface area contributed by atoms with Gasteiger partial charge >= 0.3 is 0 Å². The Morgan fingerprint density at radius 3 is 2.30 bits per heavy atom. The van der Waals surface area contributed by atoms with Crippen LogP contribution in [0.4, 0.5) is 4.39 Å². The molecule has 0 aromatic heterocycles. The second-order valence-electron chi connectivity index (χ2n) is 7.70. The van der Waals surface area contributed by atoms with E-state index in [9.17, 15) is 14.0 Å². The van der Waals surface area contributed by atoms with Crippen LogP contribution in [-0.4, -0.2) is 50.5 Å². The van der Waals surface area contributed by atoms with E-state index in [1.807, 2.05) is 38.9 Å². The molecule has 0 heterocycles. The highest BCUT2D eigenvalue weighted by molar-refractivity contribution is 5.97. The van der Waals surface area contributed by atoms with Crippen molar-refractivity contribution in [2.24, 2.45) is 5.92 Å². The monoisotopic (exact) mass is 415 g/mol. The van der Waals surface area contributed by atoms with Crippen molar-refractivity contribution in [1.29, 1.82) is 0 Å². The third-order valence-electron chi connectivity index (χ3n) is 4.91. The molecule has 0 aliphatic carbocycles. The summed E-state index contributed by atoms with van der Waals surface area (Å²) < 4.78 is 18.7. The average Bonchev–Trinajstić information content (AvgIpc) is 2.71. The summed E-state index contributed by atoms with van der Waals surface area (Å²) in [5, 5.41) is 5.71. The lowest BCUT2D eigenvalue weighted by Crippen LogP contribution is -2.51. The minimum absolute atomic E-state index is 0.112. The number of likely N-dealkylation sites (N-methyl/N-ethyl adjacent to an activating group) is 1. The maximum atomic E-state index is 13.6. The van der Waals surface area contributed by atoms with Gasteiger partial charge in [0.05, 0.1) is 13.2 Å². The first-order valence-electron chi connectivity index (χ1n) is 9.87. The largest absolute Gasteiger partial charge is 0.497 e. The highest BCUT2D eigenvalue weighted by Crippen LogP contribution is 2.18. The van der Waals surface area contributed by atoms with E-state index in [4.69, 9.17) is 4.74 Å². The van der Waals surface area contributed by atoms with Crippen LogP contribution < -0.4 is 15.4 Å². The lowest BCUT2D eigenvalue weighted by atomic mass is 10.0. The molecule has 2 unspecified atom stereocenters. The lowest BCUT2D eigenvalue weighted by molar-refractivity contribution is -0.124. The normalized spacial score (nSPS) is 13.1. The molecule has 0 fully saturated rings. The lowest BCUT2D eigenvalue weighted by Gasteiger charge is -2.27. The van der Waals surface area contributed by atoms with Gasteiger partial charge in [0.1, 0.15) is 17.6 Å². The van der Waals surface area contributed by atoms with Crippen LogP contribution in [0.1, 0.15) is 35.8 Å². The molecule has 2 amide bonds. The van der Waals surface area contributed by atoms with Gasteiger partial charge in [-0.15, -0.1) is 0 Å². The average molecular weight is 416 g/mol. The van der Waals surface area contributed by atoms with E-state index in [2.05, 4.69) is 10.6 Å². The molecule has 162 valence electrons. The number of rotatable bonds is 9. The summed E-state index contributed by atoms with van der Waals surface area (Å²) >= 11 is 0. The van der Waals surface area contributed by atoms with Crippen LogP contribution in [0, 0.1) is 11.7 Å². The summed E-state index contributed by atoms with van der Waals surface area (Å²) in [5.41, 5.74) is 1.21. The van der Waals surface area contributed by atoms with Crippen LogP contribution in [0.2, 0.25) is 0 Å². The molecule has 30 heavy (non-hydrogen) atoms. The van der Waals surface area contributed by atoms with Crippen LogP contribution in [0.3, 0.4) is 0 Å². The number of halogens is 1. The fourth-order valence-corrected chi connectivity index (χ4v) is 3.12. The number of carbonyl (C=O) groups is 2. The van der Waals surface area contributed by atoms with Gasteiger partial charge in [0, 0.05) is 12.1 Å². The number of carbonyl (C=O) groups excluding carboxylic acids is 2. The molecule has 0 aliphatic rings. The maximum Gasteiger partial charge on any atom is 0.251 e. The molecule has 0 aliphatic heterocycles. The summed E-state index contributed by atoms with van der Waals surface area (Å²) in [6.45, 7) is 4.03. The van der Waals surface area contributed by atoms with Crippen molar-refractivity contribution >= 4 is 11.8 Å². The minimum atomic E-state index is -0.699. The Labute approximate surface area is 177 Å². The Balaban J connectivity index is 2.05. The summed E-state index contributed by atoms with van der Waals surface area (Å²) in [5.74, 6) is -0.399. The molecule has 2 N–H and O–H groups in total. The van der Waals surface area contributed by atoms with Crippen molar-refractivity contribution in [3.05, 3.63) is 65.5 Å². The van der Waals surface area contributed by atoms with E-state index in [0.717, 1.165) is 5.56 Å². The summed E-state index contributed by atoms with van der Waals surface area (Å²) in [6.07, 6.45) is 0. The standard InChI is InChI=1S/C23H30FN3O3/c1-15(2)21(26-22(28)16-9-11-19(30-5)12-10-16)23(29)25-14-20(27(3)4)17-7-6-8-18(24)13-17/h6-13,15,20-21H,14H2,1-5H3,(H,25,29)(H,26,28). The van der Waals surface area contributed by atoms with Gasteiger partial charge in [0.25, 0.3) is 5.91 Å². The van der Waals surface area contributed by atoms with Crippen molar-refractivity contribution in [3.63, 3.8) is 0 Å². The molecule has 0 radical (unpaired) electrons. The number of hydrogen-bond acceptors (Lipinski definition) is 4. The van der Waals surface area contributed by atoms with Gasteiger partial charge in [-0.25, -0.2) is 4.39 Å². The number of amides is 2. The van der Waals surface area contributed by atoms with E-state index < -0.39 is 6.04 Å². The van der Waals surface area contributed by atoms with Crippen LogP contribution in [0.5, 0.6) is 5.75 Å². The zero-order valence-corrected chi connectivity index (χ0v) is 18.1. The van der Waals surface area contributed by atoms with Crippen molar-refractivity contribution in [2.75, 3.05) is 27.7 Å². The Kier molecular flexibility index (Phi) is 8.35. The van der Waals surface area contributed by atoms with E-state index in [1.54, 1.807) is 37.4 Å². The highest BCUT2D eigenvalue weighted by Gasteiger charge is 2.26. The summed E-state index contributed by atoms with van der Waals surface area (Å²) in [4.78, 5) is 27.3. The molecule has 0 bridgehead atoms. The smallest absolute Gasteiger partial charge is 0.251 e. The second kappa shape index (κ2) is 10.7. The zero-order valence-electron chi connectivity index (χ0n) is 18.1. The summed E-state index contributed by atoms with van der Waals surface area (Å²) in [6, 6.07) is 12.1. The van der Waals surface area contributed by atoms with E-state index >= 15 is 0 Å². The molecule has 0 spiro atoms. The van der Waals surface area contributed by atoms with Gasteiger partial charge in [-0.2, -0.15) is 0 Å². The van der Waals surface area contributed by atoms with Gasteiger partial charge in [-0.3, -0.25) is 9.59 Å². The fourth-order valence-electron chi connectivity index (χ4n) is 3.12. The SMILES string of the molecule is COc1ccc(C(=O)NC(C(=O)NCC(c2cccc(F)c2)N(C)C)C(C)C)cc1. The van der Waals surface area contributed by atoms with E-state index in [0.29, 0.717) is 11.3 Å². The van der Waals surface area contributed by atoms with E-state index in [-0.39, 0.29) is 36.1 Å². The summed E-state index contributed by atoms with van der Waals surface area (Å²) in [7, 11) is 5.29. The van der Waals surface area contributed by atoms with Crippen molar-refractivity contribution in [1.82, 2.24) is 15.5 Å². The number of methoxy groups -OCH3 is 1. The van der Waals surface area contributed by atoms with Gasteiger partial charge < -0.3 is 20.3 Å². The predicted octanol–water partition coefficient (Wildman–Crippen LogP) is 3.01. The molecule has 2 atom stereocenters. The van der Waals surface area contributed by atoms with Crippen molar-refractivity contribution in [3.8, 4) is 5.75 Å². The van der Waals surface area contributed by atoms with Crippen molar-refractivity contribution in [2.45, 2.75) is 25.9 Å². The highest BCUT2D eigenvalue weighted by atomic mass is 19.1. The maximum absolute atomic E-state index is 13.6. The number of benzene rings is 2. The Morgan fingerprint density at radius 2 is 1.77 bits per heavy atom. The number of hydrogen-bond donors (Lipinski definition) is 2. The topological polar surface area (TPSA) is 70.7 Å². The van der Waals surface area contributed by atoms with Gasteiger partial charge in [0.2, 0.25) is 5.91 Å². The third kappa shape index (κ3) is 6.29. The minimum Gasteiger partial charge on any atom is -0.497 e. The zero-order chi connectivity index (χ0) is 22.3. The van der Waals surface area contributed by atoms with E-state index in [1.165, 1.54) is 12.1 Å². The van der Waals surface area contributed by atoms with Crippen LogP contribution in [-0.2, 0) is 4.79 Å². The molecular formula is C23H30FN3O3. The molecule has 2 aromatic rings. The van der Waals surface area contributed by atoms with Crippen LogP contribution in [0.15, 0.2) is 48.5 Å². The number of ether oxygens (including phenoxy) is 1. The second-order valence-corrected chi connectivity index (χ2v) is 7.70. The molecule has 0 saturated carbocycles. The van der Waals surface area contributed by atoms with Gasteiger partial charge in [0.15, 0.2) is 0 Å². The number of nitrogens with zero attached hydrogens (tertiary/aromatic N) is 1. The molecule has 0 saturated heterocycles. The third-order valence-corrected chi connectivity index (χ3v) is 4.91. The molecule has 7 heteroatoms. The quantitative estimate of drug-likeness (QED) is 0.661. The predicted molar refractivity (Wildman–Crippen MR) is 115 cm³/mol. The molecular weight excluding hydrogens is 385 g/mol. The Morgan fingerprint density at radius 1 is 1.10 bits per heavy atom. The Bertz CT molecular complexity index is 853. The van der Waals surface area contributed by atoms with Crippen LogP contribution in [0.25, 0.3) is 0 Å². The van der Waals surface area contributed by atoms with Crippen LogP contribution >= 0.6 is 0 Å². The first kappa shape index (κ1) is 23.3. The molecule has 2 aromatic carbocycles.